The van der Waals surface area contributed by atoms with E-state index in [-0.39, 0.29) is 20.1 Å². The summed E-state index contributed by atoms with van der Waals surface area (Å²) >= 11 is -0.0169. The molecule has 0 fully saturated rings. The number of rotatable bonds is 4. The van der Waals surface area contributed by atoms with Crippen molar-refractivity contribution in [3.63, 3.8) is 0 Å². The maximum Gasteiger partial charge on any atom is 0.0160 e. The molecule has 0 aliphatic rings. The van der Waals surface area contributed by atoms with E-state index in [1.54, 1.807) is 0 Å². The smallest absolute Gasteiger partial charge is 0.0160 e. The summed E-state index contributed by atoms with van der Waals surface area (Å²) in [6, 6.07) is 44.9. The second-order valence-corrected chi connectivity index (χ2v) is 24.6. The van der Waals surface area contributed by atoms with Crippen molar-refractivity contribution < 1.29 is 21.5 Å². The van der Waals surface area contributed by atoms with Gasteiger partial charge in [-0.1, -0.05) is 59.3 Å². The van der Waals surface area contributed by atoms with E-state index >= 15 is 0 Å². The third-order valence-corrected chi connectivity index (χ3v) is 14.0. The monoisotopic (exact) mass is 868 g/mol. The van der Waals surface area contributed by atoms with Gasteiger partial charge < -0.3 is 4.98 Å². The number of hydrogen-bond donors (Lipinski definition) is 0. The van der Waals surface area contributed by atoms with Crippen LogP contribution in [0.25, 0.3) is 64.2 Å². The van der Waals surface area contributed by atoms with Crippen molar-refractivity contribution in [2.24, 2.45) is 0 Å². The first-order valence-electron chi connectivity index (χ1n) is 16.2. The summed E-state index contributed by atoms with van der Waals surface area (Å²) in [5, 5.41) is 7.59. The molecule has 3 aromatic heterocycles. The Labute approximate surface area is 299 Å². The maximum absolute atomic E-state index is 8.33. The van der Waals surface area contributed by atoms with Gasteiger partial charge in [-0.05, 0) is 17.1 Å². The van der Waals surface area contributed by atoms with Gasteiger partial charge in [0.25, 0.3) is 0 Å². The Hall–Kier alpha value is -3.67. The number of hydrogen-bond acceptors (Lipinski definition) is 3. The van der Waals surface area contributed by atoms with Crippen LogP contribution < -0.4 is 4.40 Å². The van der Waals surface area contributed by atoms with Gasteiger partial charge in [0.2, 0.25) is 0 Å². The first kappa shape index (κ1) is 31.9. The number of fused-ring (bicyclic) bond motifs is 6. The molecule has 0 spiro atoms. The van der Waals surface area contributed by atoms with E-state index in [0.29, 0.717) is 0 Å². The average Bonchev–Trinajstić information content (AvgIpc) is 3.46. The summed E-state index contributed by atoms with van der Waals surface area (Å²) < 4.78 is 12.5. The Morgan fingerprint density at radius 3 is 2.28 bits per heavy atom. The van der Waals surface area contributed by atoms with Crippen LogP contribution in [-0.4, -0.2) is 23.2 Å². The molecule has 0 saturated heterocycles. The minimum absolute atomic E-state index is 0. The molecule has 8 rings (SSSR count). The van der Waals surface area contributed by atoms with Gasteiger partial charge >= 0.3 is 164 Å². The molecule has 0 aliphatic carbocycles. The van der Waals surface area contributed by atoms with Gasteiger partial charge in [0.05, 0.1) is 0 Å². The van der Waals surface area contributed by atoms with Crippen LogP contribution in [-0.2, 0) is 20.1 Å². The van der Waals surface area contributed by atoms with E-state index in [0.717, 1.165) is 28.1 Å². The molecule has 0 atom stereocenters. The number of nitrogens with zero attached hydrogens (tertiary/aromatic N) is 2. The first-order chi connectivity index (χ1) is 22.6. The van der Waals surface area contributed by atoms with Gasteiger partial charge in [0.1, 0.15) is 0 Å². The molecular formula is C42H36GeIrN2S-2. The largest absolute Gasteiger partial charge is 0.305 e. The van der Waals surface area contributed by atoms with E-state index in [2.05, 4.69) is 112 Å². The molecular weight excluding hydrogens is 829 g/mol. The zero-order chi connectivity index (χ0) is 32.8. The standard InChI is InChI=1S/C23H24GeNS.C19H12N.Ir/c1-15(2)16-11-12-25-21(13-16)20-8-6-7-19-18-10-9-17(24(3,4)5)14-22(18)26-23(19)20;1-2-6-17-14(5-1)8-9-15-13-16(10-11-18(15)17)19-7-3-4-12-20-19;/h6-7,9-15H,1-5H3;1-9,11-13H;/q2*-1;/i15D;;. The van der Waals surface area contributed by atoms with Crippen molar-refractivity contribution in [3.05, 3.63) is 139 Å². The predicted molar refractivity (Wildman–Crippen MR) is 202 cm³/mol. The van der Waals surface area contributed by atoms with Crippen molar-refractivity contribution in [1.82, 2.24) is 9.97 Å². The Kier molecular flexibility index (Phi) is 9.38. The molecule has 8 aromatic rings. The molecule has 235 valence electrons. The molecule has 0 unspecified atom stereocenters. The zero-order valence-electron chi connectivity index (χ0n) is 28.2. The summed E-state index contributed by atoms with van der Waals surface area (Å²) in [4.78, 5) is 8.99. The summed E-state index contributed by atoms with van der Waals surface area (Å²) in [6.07, 6.45) is 3.62. The fourth-order valence-electron chi connectivity index (χ4n) is 5.89. The second kappa shape index (κ2) is 13.8. The van der Waals surface area contributed by atoms with Crippen LogP contribution >= 0.6 is 11.3 Å². The molecule has 0 amide bonds. The maximum atomic E-state index is 8.33. The fraction of sp³-hybridized carbons (Fsp3) is 0.143. The summed E-state index contributed by atoms with van der Waals surface area (Å²) in [7, 11) is 0. The first-order valence-corrected chi connectivity index (χ1v) is 23.8. The molecule has 0 aliphatic heterocycles. The number of aromatic nitrogens is 2. The zero-order valence-corrected chi connectivity index (χ0v) is 32.5. The molecule has 3 heterocycles. The van der Waals surface area contributed by atoms with Gasteiger partial charge in [-0.2, -0.15) is 0 Å². The predicted octanol–water partition coefficient (Wildman–Crippen LogP) is 11.4. The van der Waals surface area contributed by atoms with Gasteiger partial charge in [0.15, 0.2) is 0 Å². The van der Waals surface area contributed by atoms with Crippen molar-refractivity contribution >= 4 is 70.7 Å². The fourth-order valence-corrected chi connectivity index (χ4v) is 9.80. The van der Waals surface area contributed by atoms with Crippen molar-refractivity contribution in [3.8, 4) is 22.5 Å². The van der Waals surface area contributed by atoms with Gasteiger partial charge in [0, 0.05) is 26.3 Å². The van der Waals surface area contributed by atoms with Gasteiger partial charge in [-0.3, -0.25) is 0 Å². The molecule has 0 saturated carbocycles. The Balaban J connectivity index is 0.000000170. The molecule has 1 radical (unpaired) electrons. The van der Waals surface area contributed by atoms with Crippen LogP contribution in [0.3, 0.4) is 0 Å². The van der Waals surface area contributed by atoms with Gasteiger partial charge in [-0.25, -0.2) is 0 Å². The molecule has 5 aromatic carbocycles. The molecule has 47 heavy (non-hydrogen) atoms. The second-order valence-electron chi connectivity index (χ2n) is 12.9. The van der Waals surface area contributed by atoms with E-state index in [9.17, 15) is 0 Å². The summed E-state index contributed by atoms with van der Waals surface area (Å²) in [5.74, 6) is 6.67. The molecule has 2 nitrogen and oxygen atoms in total. The third-order valence-electron chi connectivity index (χ3n) is 8.51. The van der Waals surface area contributed by atoms with Crippen molar-refractivity contribution in [1.29, 1.82) is 0 Å². The molecule has 0 bridgehead atoms. The molecule has 0 N–H and O–H groups in total. The SMILES string of the molecule is [2H]C(C)(C)c1ccnc(-c2[c-]ccc3c2sc2c[c]([Ge]([CH3])([CH3])[CH3])ccc23)c1.[Ir].[c-]1cc2c(ccc3ccccc32)cc1-c1ccccn1. The van der Waals surface area contributed by atoms with Crippen molar-refractivity contribution in [2.75, 3.05) is 0 Å². The minimum atomic E-state index is -1.86. The number of thiophene rings is 1. The van der Waals surface area contributed by atoms with Crippen LogP contribution in [0, 0.1) is 12.1 Å². The topological polar surface area (TPSA) is 25.8 Å². The van der Waals surface area contributed by atoms with Crippen LogP contribution in [0.1, 0.15) is 26.7 Å². The van der Waals surface area contributed by atoms with Crippen LogP contribution in [0.15, 0.2) is 122 Å². The Bertz CT molecular complexity index is 2390. The number of benzene rings is 5. The van der Waals surface area contributed by atoms with Crippen LogP contribution in [0.4, 0.5) is 0 Å². The third kappa shape index (κ3) is 6.84. The number of pyridine rings is 2. The van der Waals surface area contributed by atoms with E-state index in [4.69, 9.17) is 1.37 Å². The minimum Gasteiger partial charge on any atom is -0.305 e. The van der Waals surface area contributed by atoms with Crippen LogP contribution in [0.2, 0.25) is 17.3 Å². The van der Waals surface area contributed by atoms with Crippen molar-refractivity contribution in [2.45, 2.75) is 37.0 Å². The summed E-state index contributed by atoms with van der Waals surface area (Å²) in [6.45, 7) is 3.82. The summed E-state index contributed by atoms with van der Waals surface area (Å²) in [5.41, 5.74) is 4.91. The van der Waals surface area contributed by atoms with E-state index in [1.807, 2.05) is 74.0 Å². The average molecular weight is 867 g/mol. The molecule has 5 heteroatoms. The van der Waals surface area contributed by atoms with Gasteiger partial charge in [-0.15, -0.1) is 29.1 Å². The normalized spacial score (nSPS) is 12.1. The van der Waals surface area contributed by atoms with E-state index < -0.39 is 19.2 Å². The Morgan fingerprint density at radius 1 is 0.702 bits per heavy atom. The Morgan fingerprint density at radius 2 is 1.49 bits per heavy atom. The van der Waals surface area contributed by atoms with E-state index in [1.165, 1.54) is 46.1 Å². The van der Waals surface area contributed by atoms with Crippen LogP contribution in [0.5, 0.6) is 0 Å². The quantitative estimate of drug-likeness (QED) is 0.100.